The Hall–Kier alpha value is -1.51. The number of aliphatic imine (C=N–C) groups is 2. The largest absolute Gasteiger partial charge is 0.462 e. The van der Waals surface area contributed by atoms with Gasteiger partial charge in [0, 0.05) is 44.1 Å². The molecule has 5 fully saturated rings. The van der Waals surface area contributed by atoms with Crippen molar-refractivity contribution in [1.82, 2.24) is 0 Å². The molecule has 55 heavy (non-hydrogen) atoms. The Morgan fingerprint density at radius 3 is 1.42 bits per heavy atom. The Morgan fingerprint density at radius 1 is 0.527 bits per heavy atom. The molecule has 5 aliphatic rings. The van der Waals surface area contributed by atoms with Crippen LogP contribution < -0.4 is 0 Å². The lowest BCUT2D eigenvalue weighted by Gasteiger charge is -2.35. The monoisotopic (exact) mass is 789 g/mol. The van der Waals surface area contributed by atoms with E-state index in [-0.39, 0.29) is 35.3 Å². The summed E-state index contributed by atoms with van der Waals surface area (Å²) in [5, 5.41) is -0.239. The predicted octanol–water partition coefficient (Wildman–Crippen LogP) is 11.2. The van der Waals surface area contributed by atoms with Crippen LogP contribution in [0.25, 0.3) is 0 Å². The minimum atomic E-state index is -0.408. The van der Waals surface area contributed by atoms with Crippen LogP contribution in [0.15, 0.2) is 9.98 Å². The lowest BCUT2D eigenvalue weighted by atomic mass is 9.82. The number of ether oxygens (including phenoxy) is 4. The molecule has 0 aromatic rings. The standard InChI is InChI=1S/C46H77ClN2O6/c1-3-5-7-9-29-52-40-23-19-38(20-24-40)48-32-34-11-15-36(16-12-34)45(50)54-42-27-28-43(47)44(31-42)55-46(51)37-17-13-35(14-18-37)33-49-39-21-25-41(26-22-39)53-30-10-8-6-4-2/h32-44H,3-31H2,1-2H3. The lowest BCUT2D eigenvalue weighted by Crippen LogP contribution is -2.40. The first-order valence-electron chi connectivity index (χ1n) is 23.2. The van der Waals surface area contributed by atoms with Crippen molar-refractivity contribution < 1.29 is 28.5 Å². The summed E-state index contributed by atoms with van der Waals surface area (Å²) < 4.78 is 24.3. The zero-order valence-corrected chi connectivity index (χ0v) is 35.5. The highest BCUT2D eigenvalue weighted by atomic mass is 35.5. The Kier molecular flexibility index (Phi) is 20.3. The fraction of sp³-hybridized carbons (Fsp3) is 0.913. The maximum Gasteiger partial charge on any atom is 0.309 e. The molecular weight excluding hydrogens is 712 g/mol. The van der Waals surface area contributed by atoms with E-state index in [1.54, 1.807) is 0 Å². The summed E-state index contributed by atoms with van der Waals surface area (Å²) in [6.07, 6.45) is 32.7. The molecule has 0 spiro atoms. The molecule has 0 N–H and O–H groups in total. The summed E-state index contributed by atoms with van der Waals surface area (Å²) >= 11 is 6.69. The molecule has 9 heteroatoms. The van der Waals surface area contributed by atoms with Gasteiger partial charge in [0.1, 0.15) is 12.2 Å². The highest BCUT2D eigenvalue weighted by Gasteiger charge is 2.38. The number of nitrogens with zero attached hydrogens (tertiary/aromatic N) is 2. The molecule has 0 heterocycles. The summed E-state index contributed by atoms with van der Waals surface area (Å²) in [5.74, 6) is 0.514. The van der Waals surface area contributed by atoms with Gasteiger partial charge in [0.15, 0.2) is 0 Å². The second-order valence-corrected chi connectivity index (χ2v) is 18.5. The number of carbonyl (C=O) groups is 2. The second-order valence-electron chi connectivity index (χ2n) is 17.9. The Balaban J connectivity index is 0.923. The van der Waals surface area contributed by atoms with Gasteiger partial charge in [0.2, 0.25) is 0 Å². The normalized spacial score (nSPS) is 34.9. The number of hydrogen-bond acceptors (Lipinski definition) is 8. The summed E-state index contributed by atoms with van der Waals surface area (Å²) in [6.45, 7) is 6.30. The molecule has 5 rings (SSSR count). The first kappa shape index (κ1) is 44.6. The van der Waals surface area contributed by atoms with Gasteiger partial charge in [0.25, 0.3) is 0 Å². The van der Waals surface area contributed by atoms with Gasteiger partial charge in [-0.2, -0.15) is 0 Å². The third-order valence-electron chi connectivity index (χ3n) is 13.4. The van der Waals surface area contributed by atoms with Crippen LogP contribution >= 0.6 is 11.6 Å². The molecular formula is C46H77ClN2O6. The topological polar surface area (TPSA) is 95.8 Å². The maximum absolute atomic E-state index is 13.3. The van der Waals surface area contributed by atoms with E-state index in [9.17, 15) is 9.59 Å². The minimum absolute atomic E-state index is 0.0582. The van der Waals surface area contributed by atoms with Crippen molar-refractivity contribution in [2.24, 2.45) is 33.7 Å². The predicted molar refractivity (Wildman–Crippen MR) is 223 cm³/mol. The van der Waals surface area contributed by atoms with Crippen molar-refractivity contribution >= 4 is 36.0 Å². The van der Waals surface area contributed by atoms with E-state index in [1.807, 2.05) is 0 Å². The Bertz CT molecular complexity index is 1140. The number of hydrogen-bond donors (Lipinski definition) is 0. The number of esters is 2. The van der Waals surface area contributed by atoms with Gasteiger partial charge in [-0.05, 0) is 140 Å². The average Bonchev–Trinajstić information content (AvgIpc) is 3.21. The van der Waals surface area contributed by atoms with Crippen molar-refractivity contribution in [1.29, 1.82) is 0 Å². The minimum Gasteiger partial charge on any atom is -0.462 e. The number of rotatable bonds is 20. The summed E-state index contributed by atoms with van der Waals surface area (Å²) in [4.78, 5) is 36.5. The van der Waals surface area contributed by atoms with Crippen molar-refractivity contribution in [2.45, 2.75) is 229 Å². The molecule has 3 atom stereocenters. The Labute approximate surface area is 339 Å². The lowest BCUT2D eigenvalue weighted by molar-refractivity contribution is -0.165. The highest BCUT2D eigenvalue weighted by Crippen LogP contribution is 2.35. The van der Waals surface area contributed by atoms with E-state index in [2.05, 4.69) is 26.3 Å². The molecule has 5 aliphatic carbocycles. The molecule has 0 saturated heterocycles. The molecule has 5 saturated carbocycles. The number of carbonyl (C=O) groups excluding carboxylic acids is 2. The van der Waals surface area contributed by atoms with Crippen LogP contribution in [0, 0.1) is 23.7 Å². The third kappa shape index (κ3) is 16.0. The van der Waals surface area contributed by atoms with Crippen LogP contribution in [0.2, 0.25) is 0 Å². The van der Waals surface area contributed by atoms with Crippen LogP contribution in [0.3, 0.4) is 0 Å². The molecule has 0 aromatic carbocycles. The van der Waals surface area contributed by atoms with Crippen molar-refractivity contribution in [3.05, 3.63) is 0 Å². The molecule has 0 aromatic heterocycles. The fourth-order valence-electron chi connectivity index (χ4n) is 9.56. The SMILES string of the molecule is CCCCCCOC1CCC(N=CC2CCC(C(=O)OC3CCC(Cl)C(OC(=O)C4CCC(C=NC5CCC(OCCCCCC)CC5)CC4)C3)CC2)CC1. The molecule has 0 bridgehead atoms. The van der Waals surface area contributed by atoms with Crippen LogP contribution in [-0.4, -0.2) is 79.5 Å². The van der Waals surface area contributed by atoms with Gasteiger partial charge in [-0.3, -0.25) is 19.6 Å². The molecule has 8 nitrogen and oxygen atoms in total. The van der Waals surface area contributed by atoms with Crippen LogP contribution in [0.5, 0.6) is 0 Å². The van der Waals surface area contributed by atoms with Crippen molar-refractivity contribution in [3.8, 4) is 0 Å². The molecule has 314 valence electrons. The van der Waals surface area contributed by atoms with Crippen LogP contribution in [0.4, 0.5) is 0 Å². The number of halogens is 1. The number of alkyl halides is 1. The zero-order chi connectivity index (χ0) is 38.7. The summed E-state index contributed by atoms with van der Waals surface area (Å²) in [5.41, 5.74) is 0. The van der Waals surface area contributed by atoms with E-state index in [4.69, 9.17) is 40.5 Å². The third-order valence-corrected chi connectivity index (χ3v) is 13.9. The van der Waals surface area contributed by atoms with Gasteiger partial charge < -0.3 is 18.9 Å². The summed E-state index contributed by atoms with van der Waals surface area (Å²) in [7, 11) is 0. The van der Waals surface area contributed by atoms with Gasteiger partial charge in [-0.25, -0.2) is 0 Å². The zero-order valence-electron chi connectivity index (χ0n) is 34.7. The quantitative estimate of drug-likeness (QED) is 0.0527. The fourth-order valence-corrected chi connectivity index (χ4v) is 9.85. The van der Waals surface area contributed by atoms with Gasteiger partial charge >= 0.3 is 11.9 Å². The maximum atomic E-state index is 13.3. The van der Waals surface area contributed by atoms with E-state index in [0.29, 0.717) is 49.0 Å². The summed E-state index contributed by atoms with van der Waals surface area (Å²) in [6, 6.07) is 0.832. The van der Waals surface area contributed by atoms with Gasteiger partial charge in [-0.15, -0.1) is 11.6 Å². The van der Waals surface area contributed by atoms with Gasteiger partial charge in [0.05, 0.1) is 29.4 Å². The molecule has 0 amide bonds. The van der Waals surface area contributed by atoms with Crippen molar-refractivity contribution in [2.75, 3.05) is 13.2 Å². The number of unbranched alkanes of at least 4 members (excludes halogenated alkanes) is 6. The first-order chi connectivity index (χ1) is 26.9. The first-order valence-corrected chi connectivity index (χ1v) is 23.7. The van der Waals surface area contributed by atoms with E-state index in [0.717, 1.165) is 122 Å². The van der Waals surface area contributed by atoms with Gasteiger partial charge in [-0.1, -0.05) is 52.4 Å². The molecule has 0 radical (unpaired) electrons. The van der Waals surface area contributed by atoms with Crippen molar-refractivity contribution in [3.63, 3.8) is 0 Å². The van der Waals surface area contributed by atoms with E-state index < -0.39 is 6.10 Å². The molecule has 3 unspecified atom stereocenters. The smallest absolute Gasteiger partial charge is 0.309 e. The Morgan fingerprint density at radius 2 is 0.964 bits per heavy atom. The average molecular weight is 790 g/mol. The second kappa shape index (κ2) is 25.1. The van der Waals surface area contributed by atoms with Crippen LogP contribution in [0.1, 0.15) is 187 Å². The molecule has 0 aliphatic heterocycles. The van der Waals surface area contributed by atoms with E-state index >= 15 is 0 Å². The van der Waals surface area contributed by atoms with E-state index in [1.165, 1.54) is 51.4 Å². The highest BCUT2D eigenvalue weighted by molar-refractivity contribution is 6.21. The van der Waals surface area contributed by atoms with Crippen LogP contribution in [-0.2, 0) is 28.5 Å².